The van der Waals surface area contributed by atoms with Gasteiger partial charge in [0.05, 0.1) is 18.4 Å². The zero-order valence-corrected chi connectivity index (χ0v) is 13.2. The summed E-state index contributed by atoms with van der Waals surface area (Å²) in [5, 5.41) is 0. The zero-order chi connectivity index (χ0) is 14.3. The molecule has 0 aliphatic heterocycles. The number of aldehydes is 1. The van der Waals surface area contributed by atoms with Crippen molar-refractivity contribution in [1.29, 1.82) is 0 Å². The van der Waals surface area contributed by atoms with E-state index in [1.54, 1.807) is 0 Å². The van der Waals surface area contributed by atoms with Crippen LogP contribution in [0.1, 0.15) is 70.6 Å². The Morgan fingerprint density at radius 3 is 1.70 bits per heavy atom. The van der Waals surface area contributed by atoms with Gasteiger partial charge in [0.1, 0.15) is 6.29 Å². The highest BCUT2D eigenvalue weighted by molar-refractivity contribution is 7.53. The molecule has 0 bridgehead atoms. The van der Waals surface area contributed by atoms with Gasteiger partial charge in [-0.15, -0.1) is 0 Å². The molecule has 0 atom stereocenters. The molecule has 2 aliphatic rings. The van der Waals surface area contributed by atoms with Crippen molar-refractivity contribution < 1.29 is 18.4 Å². The first-order chi connectivity index (χ1) is 9.72. The average Bonchev–Trinajstić information content (AvgIpc) is 2.47. The van der Waals surface area contributed by atoms with Gasteiger partial charge in [0.15, 0.2) is 0 Å². The summed E-state index contributed by atoms with van der Waals surface area (Å²) in [4.78, 5) is 10.6. The number of hydrogen-bond donors (Lipinski definition) is 0. The lowest BCUT2D eigenvalue weighted by Crippen LogP contribution is -2.21. The van der Waals surface area contributed by atoms with Crippen LogP contribution in [-0.2, 0) is 18.4 Å². The van der Waals surface area contributed by atoms with E-state index in [2.05, 4.69) is 0 Å². The minimum absolute atomic E-state index is 0.0600. The maximum absolute atomic E-state index is 12.9. The molecule has 2 rings (SSSR count). The van der Waals surface area contributed by atoms with Crippen molar-refractivity contribution in [1.82, 2.24) is 0 Å². The molecule has 116 valence electrons. The van der Waals surface area contributed by atoms with Gasteiger partial charge in [0, 0.05) is 6.42 Å². The van der Waals surface area contributed by atoms with Crippen LogP contribution in [0.4, 0.5) is 0 Å². The molecule has 0 aromatic carbocycles. The van der Waals surface area contributed by atoms with E-state index in [0.29, 0.717) is 0 Å². The van der Waals surface area contributed by atoms with E-state index in [4.69, 9.17) is 9.05 Å². The fraction of sp³-hybridized carbons (Fsp3) is 0.933. The second-order valence-corrected chi connectivity index (χ2v) is 8.11. The van der Waals surface area contributed by atoms with E-state index in [0.717, 1.165) is 57.7 Å². The zero-order valence-electron chi connectivity index (χ0n) is 12.3. The highest BCUT2D eigenvalue weighted by Gasteiger charge is 2.32. The molecular weight excluding hydrogens is 275 g/mol. The van der Waals surface area contributed by atoms with Crippen molar-refractivity contribution in [2.75, 3.05) is 6.16 Å². The van der Waals surface area contributed by atoms with E-state index >= 15 is 0 Å². The Labute approximate surface area is 122 Å². The summed E-state index contributed by atoms with van der Waals surface area (Å²) in [7, 11) is -3.10. The first-order valence-corrected chi connectivity index (χ1v) is 9.84. The van der Waals surface area contributed by atoms with Gasteiger partial charge < -0.3 is 13.8 Å². The van der Waals surface area contributed by atoms with Crippen molar-refractivity contribution in [2.24, 2.45) is 0 Å². The third-order valence-electron chi connectivity index (χ3n) is 4.24. The second kappa shape index (κ2) is 8.31. The smallest absolute Gasteiger partial charge is 0.305 e. The normalized spacial score (nSPS) is 22.8. The molecule has 2 aliphatic carbocycles. The largest absolute Gasteiger partial charge is 0.331 e. The summed E-state index contributed by atoms with van der Waals surface area (Å²) in [5.41, 5.74) is 0. The predicted molar refractivity (Wildman–Crippen MR) is 79.1 cm³/mol. The summed E-state index contributed by atoms with van der Waals surface area (Å²) < 4.78 is 24.6. The summed E-state index contributed by atoms with van der Waals surface area (Å²) in [6.07, 6.45) is 12.4. The van der Waals surface area contributed by atoms with Crippen LogP contribution in [0.25, 0.3) is 0 Å². The van der Waals surface area contributed by atoms with Gasteiger partial charge in [0.2, 0.25) is 0 Å². The standard InChI is InChI=1S/C15H27O4P/c16-12-7-13-20(17,18-14-8-3-1-4-9-14)19-15-10-5-2-6-11-15/h12,14-15H,1-11,13H2. The fourth-order valence-corrected chi connectivity index (χ4v) is 5.15. The first kappa shape index (κ1) is 16.2. The van der Waals surface area contributed by atoms with Gasteiger partial charge in [-0.25, -0.2) is 0 Å². The van der Waals surface area contributed by atoms with Gasteiger partial charge in [-0.2, -0.15) is 0 Å². The third-order valence-corrected chi connectivity index (χ3v) is 6.29. The molecular formula is C15H27O4P. The lowest BCUT2D eigenvalue weighted by Gasteiger charge is -2.31. The molecule has 0 aromatic heterocycles. The van der Waals surface area contributed by atoms with Gasteiger partial charge in [-0.05, 0) is 25.7 Å². The van der Waals surface area contributed by atoms with Crippen LogP contribution >= 0.6 is 7.60 Å². The molecule has 2 saturated carbocycles. The Balaban J connectivity index is 1.91. The minimum atomic E-state index is -3.10. The van der Waals surface area contributed by atoms with E-state index in [-0.39, 0.29) is 24.8 Å². The highest BCUT2D eigenvalue weighted by atomic mass is 31.2. The van der Waals surface area contributed by atoms with E-state index in [9.17, 15) is 9.36 Å². The fourth-order valence-electron chi connectivity index (χ4n) is 3.14. The van der Waals surface area contributed by atoms with Crippen LogP contribution < -0.4 is 0 Å². The Morgan fingerprint density at radius 1 is 0.850 bits per heavy atom. The third kappa shape index (κ3) is 5.31. The van der Waals surface area contributed by atoms with Crippen LogP contribution in [0.2, 0.25) is 0 Å². The lowest BCUT2D eigenvalue weighted by molar-refractivity contribution is -0.107. The van der Waals surface area contributed by atoms with Crippen molar-refractivity contribution >= 4 is 13.9 Å². The Morgan fingerprint density at radius 2 is 1.30 bits per heavy atom. The van der Waals surface area contributed by atoms with Crippen LogP contribution in [0, 0.1) is 0 Å². The monoisotopic (exact) mass is 302 g/mol. The number of rotatable bonds is 7. The van der Waals surface area contributed by atoms with Crippen LogP contribution in [0.15, 0.2) is 0 Å². The van der Waals surface area contributed by atoms with Gasteiger partial charge in [-0.3, -0.25) is 4.57 Å². The van der Waals surface area contributed by atoms with Crippen molar-refractivity contribution in [3.63, 3.8) is 0 Å². The minimum Gasteiger partial charge on any atom is -0.305 e. The lowest BCUT2D eigenvalue weighted by atomic mass is 9.98. The molecule has 4 nitrogen and oxygen atoms in total. The molecule has 0 saturated heterocycles. The summed E-state index contributed by atoms with van der Waals surface area (Å²) in [6.45, 7) is 0. The summed E-state index contributed by atoms with van der Waals surface area (Å²) in [6, 6.07) is 0. The van der Waals surface area contributed by atoms with E-state index in [1.165, 1.54) is 12.8 Å². The van der Waals surface area contributed by atoms with Crippen molar-refractivity contribution in [3.05, 3.63) is 0 Å². The molecule has 0 aromatic rings. The number of carbonyl (C=O) groups excluding carboxylic acids is 1. The predicted octanol–water partition coefficient (Wildman–Crippen LogP) is 4.47. The molecule has 2 fully saturated rings. The van der Waals surface area contributed by atoms with E-state index in [1.807, 2.05) is 0 Å². The van der Waals surface area contributed by atoms with Crippen LogP contribution in [-0.4, -0.2) is 24.7 Å². The molecule has 5 heteroatoms. The van der Waals surface area contributed by atoms with Crippen LogP contribution in [0.5, 0.6) is 0 Å². The molecule has 20 heavy (non-hydrogen) atoms. The summed E-state index contributed by atoms with van der Waals surface area (Å²) in [5.74, 6) is 0. The SMILES string of the molecule is O=CCCP(=O)(OC1CCCCC1)OC1CCCCC1. The van der Waals surface area contributed by atoms with Crippen molar-refractivity contribution in [3.8, 4) is 0 Å². The molecule has 0 amide bonds. The summed E-state index contributed by atoms with van der Waals surface area (Å²) >= 11 is 0. The number of hydrogen-bond acceptors (Lipinski definition) is 4. The second-order valence-electron chi connectivity index (χ2n) is 6.02. The quantitative estimate of drug-likeness (QED) is 0.514. The molecule has 0 heterocycles. The first-order valence-electron chi connectivity index (χ1n) is 8.11. The number of carbonyl (C=O) groups is 1. The Kier molecular flexibility index (Phi) is 6.73. The Bertz CT molecular complexity index is 309. The van der Waals surface area contributed by atoms with Crippen molar-refractivity contribution in [2.45, 2.75) is 82.8 Å². The van der Waals surface area contributed by atoms with Gasteiger partial charge in [-0.1, -0.05) is 38.5 Å². The Hall–Kier alpha value is -0.180. The maximum Gasteiger partial charge on any atom is 0.331 e. The molecule has 0 spiro atoms. The van der Waals surface area contributed by atoms with E-state index < -0.39 is 7.60 Å². The highest BCUT2D eigenvalue weighted by Crippen LogP contribution is 2.53. The van der Waals surface area contributed by atoms with Crippen LogP contribution in [0.3, 0.4) is 0 Å². The topological polar surface area (TPSA) is 52.6 Å². The van der Waals surface area contributed by atoms with Gasteiger partial charge >= 0.3 is 7.60 Å². The van der Waals surface area contributed by atoms with Gasteiger partial charge in [0.25, 0.3) is 0 Å². The molecule has 0 N–H and O–H groups in total. The molecule has 0 unspecified atom stereocenters. The molecule has 0 radical (unpaired) electrons. The maximum atomic E-state index is 12.9. The average molecular weight is 302 g/mol.